The maximum absolute atomic E-state index is 13.3. The molecule has 0 atom stereocenters. The van der Waals surface area contributed by atoms with Gasteiger partial charge in [-0.3, -0.25) is 4.79 Å². The predicted molar refractivity (Wildman–Crippen MR) is 98.6 cm³/mol. The second kappa shape index (κ2) is 8.30. The molecule has 1 aliphatic rings. The predicted octanol–water partition coefficient (Wildman–Crippen LogP) is 0.402. The molecule has 0 bridgehead atoms. The molecule has 0 saturated carbocycles. The van der Waals surface area contributed by atoms with Crippen LogP contribution in [0.2, 0.25) is 5.15 Å². The Morgan fingerprint density at radius 3 is 2.67 bits per heavy atom. The van der Waals surface area contributed by atoms with Crippen molar-refractivity contribution in [3.8, 4) is 0 Å². The quantitative estimate of drug-likeness (QED) is 0.695. The molecule has 7 nitrogen and oxygen atoms in total. The van der Waals surface area contributed by atoms with E-state index in [4.69, 9.17) is 11.6 Å². The highest BCUT2D eigenvalue weighted by atomic mass is 35.5. The van der Waals surface area contributed by atoms with Gasteiger partial charge in [-0.15, -0.1) is 0 Å². The molecule has 1 fully saturated rings. The van der Waals surface area contributed by atoms with Crippen molar-refractivity contribution in [2.24, 2.45) is 0 Å². The van der Waals surface area contributed by atoms with Gasteiger partial charge in [0, 0.05) is 6.20 Å². The van der Waals surface area contributed by atoms with E-state index in [1.54, 1.807) is 12.1 Å². The largest absolute Gasteiger partial charge is 0.325 e. The van der Waals surface area contributed by atoms with E-state index in [1.807, 2.05) is 0 Å². The monoisotopic (exact) mass is 413 g/mol. The number of amides is 1. The smallest absolute Gasteiger partial charge is 0.279 e. The van der Waals surface area contributed by atoms with Crippen LogP contribution in [0.4, 0.5) is 10.1 Å². The highest BCUT2D eigenvalue weighted by Crippen LogP contribution is 2.17. The van der Waals surface area contributed by atoms with Gasteiger partial charge in [-0.1, -0.05) is 17.7 Å². The Labute approximate surface area is 161 Å². The average molecular weight is 414 g/mol. The minimum absolute atomic E-state index is 0.0603. The van der Waals surface area contributed by atoms with Crippen molar-refractivity contribution in [1.82, 2.24) is 9.29 Å². The van der Waals surface area contributed by atoms with Gasteiger partial charge >= 0.3 is 0 Å². The first kappa shape index (κ1) is 19.7. The molecule has 0 unspecified atom stereocenters. The van der Waals surface area contributed by atoms with Crippen molar-refractivity contribution in [3.05, 3.63) is 53.6 Å². The zero-order valence-corrected chi connectivity index (χ0v) is 15.9. The van der Waals surface area contributed by atoms with E-state index in [1.165, 1.54) is 28.7 Å². The van der Waals surface area contributed by atoms with E-state index in [9.17, 15) is 17.6 Å². The lowest BCUT2D eigenvalue weighted by Gasteiger charge is -2.31. The van der Waals surface area contributed by atoms with Crippen molar-refractivity contribution in [1.29, 1.82) is 0 Å². The minimum Gasteiger partial charge on any atom is -0.325 e. The van der Waals surface area contributed by atoms with Gasteiger partial charge in [0.2, 0.25) is 10.0 Å². The molecule has 0 radical (unpaired) electrons. The average Bonchev–Trinajstić information content (AvgIpc) is 2.64. The number of halogens is 2. The number of sulfonamides is 1. The lowest BCUT2D eigenvalue weighted by Crippen LogP contribution is -3.15. The fraction of sp³-hybridized carbons (Fsp3) is 0.294. The Hall–Kier alpha value is -2.07. The summed E-state index contributed by atoms with van der Waals surface area (Å²) in [6, 6.07) is 8.30. The zero-order valence-electron chi connectivity index (χ0n) is 14.4. The maximum Gasteiger partial charge on any atom is 0.279 e. The van der Waals surface area contributed by atoms with Crippen LogP contribution >= 0.6 is 11.6 Å². The van der Waals surface area contributed by atoms with Gasteiger partial charge < -0.3 is 10.2 Å². The summed E-state index contributed by atoms with van der Waals surface area (Å²) < 4.78 is 39.8. The zero-order chi connectivity index (χ0) is 19.4. The van der Waals surface area contributed by atoms with E-state index in [-0.39, 0.29) is 35.6 Å². The van der Waals surface area contributed by atoms with E-state index in [2.05, 4.69) is 10.3 Å². The summed E-state index contributed by atoms with van der Waals surface area (Å²) in [6.45, 7) is 1.66. The van der Waals surface area contributed by atoms with Gasteiger partial charge in [0.25, 0.3) is 5.91 Å². The highest BCUT2D eigenvalue weighted by molar-refractivity contribution is 7.89. The molecule has 0 aliphatic carbocycles. The first-order valence-corrected chi connectivity index (χ1v) is 10.2. The SMILES string of the molecule is O=C(C[NH+]1CCN(S(=O)(=O)c2cccc(F)c2)CC1)Nc1cccnc1Cl. The summed E-state index contributed by atoms with van der Waals surface area (Å²) in [5, 5.41) is 2.92. The number of aromatic nitrogens is 1. The molecule has 144 valence electrons. The molecule has 1 saturated heterocycles. The number of piperazine rings is 1. The van der Waals surface area contributed by atoms with Crippen LogP contribution in [-0.2, 0) is 14.8 Å². The van der Waals surface area contributed by atoms with Gasteiger partial charge in [0.15, 0.2) is 11.7 Å². The highest BCUT2D eigenvalue weighted by Gasteiger charge is 2.31. The summed E-state index contributed by atoms with van der Waals surface area (Å²) in [5.41, 5.74) is 0.441. The number of carbonyl (C=O) groups excluding carboxylic acids is 1. The second-order valence-electron chi connectivity index (χ2n) is 6.18. The first-order chi connectivity index (χ1) is 12.9. The van der Waals surface area contributed by atoms with Gasteiger partial charge in [0.05, 0.1) is 36.8 Å². The molecule has 1 aliphatic heterocycles. The van der Waals surface area contributed by atoms with Crippen LogP contribution in [0.1, 0.15) is 0 Å². The van der Waals surface area contributed by atoms with Crippen molar-refractivity contribution >= 4 is 33.2 Å². The third-order valence-corrected chi connectivity index (χ3v) is 6.50. The molecule has 3 rings (SSSR count). The Morgan fingerprint density at radius 2 is 2.00 bits per heavy atom. The van der Waals surface area contributed by atoms with Crippen LogP contribution in [0.25, 0.3) is 0 Å². The number of nitrogens with zero attached hydrogens (tertiary/aromatic N) is 2. The molecule has 2 aromatic rings. The van der Waals surface area contributed by atoms with Gasteiger partial charge in [-0.2, -0.15) is 4.31 Å². The third-order valence-electron chi connectivity index (χ3n) is 4.31. The van der Waals surface area contributed by atoms with Gasteiger partial charge in [-0.25, -0.2) is 17.8 Å². The van der Waals surface area contributed by atoms with Crippen molar-refractivity contribution < 1.29 is 22.5 Å². The molecule has 10 heteroatoms. The summed E-state index contributed by atoms with van der Waals surface area (Å²) >= 11 is 5.92. The van der Waals surface area contributed by atoms with Gasteiger partial charge in [0.1, 0.15) is 5.82 Å². The molecule has 27 heavy (non-hydrogen) atoms. The number of benzene rings is 1. The molecule has 2 heterocycles. The lowest BCUT2D eigenvalue weighted by atomic mass is 10.3. The van der Waals surface area contributed by atoms with Crippen LogP contribution in [0, 0.1) is 5.82 Å². The normalized spacial score (nSPS) is 16.2. The number of anilines is 1. The summed E-state index contributed by atoms with van der Waals surface area (Å²) in [5.74, 6) is -0.813. The Kier molecular flexibility index (Phi) is 6.05. The van der Waals surface area contributed by atoms with Gasteiger partial charge in [-0.05, 0) is 30.3 Å². The molecular weight excluding hydrogens is 395 g/mol. The summed E-state index contributed by atoms with van der Waals surface area (Å²) in [4.78, 5) is 17.0. The third kappa shape index (κ3) is 4.81. The van der Waals surface area contributed by atoms with Crippen LogP contribution < -0.4 is 10.2 Å². The van der Waals surface area contributed by atoms with E-state index < -0.39 is 15.8 Å². The van der Waals surface area contributed by atoms with Crippen molar-refractivity contribution in [2.75, 3.05) is 38.0 Å². The fourth-order valence-electron chi connectivity index (χ4n) is 2.90. The number of hydrogen-bond acceptors (Lipinski definition) is 4. The van der Waals surface area contributed by atoms with Crippen molar-refractivity contribution in [3.63, 3.8) is 0 Å². The summed E-state index contributed by atoms with van der Waals surface area (Å²) in [6.07, 6.45) is 1.53. The Balaban J connectivity index is 1.56. The molecule has 1 aromatic carbocycles. The molecular formula is C17H19ClFN4O3S+. The van der Waals surface area contributed by atoms with Crippen LogP contribution in [-0.4, -0.2) is 56.3 Å². The lowest BCUT2D eigenvalue weighted by molar-refractivity contribution is -0.895. The topological polar surface area (TPSA) is 83.8 Å². The maximum atomic E-state index is 13.3. The second-order valence-corrected chi connectivity index (χ2v) is 8.47. The summed E-state index contributed by atoms with van der Waals surface area (Å²) in [7, 11) is -3.74. The number of hydrogen-bond donors (Lipinski definition) is 2. The first-order valence-electron chi connectivity index (χ1n) is 8.36. The Morgan fingerprint density at radius 1 is 1.26 bits per heavy atom. The van der Waals surface area contributed by atoms with E-state index in [0.29, 0.717) is 18.8 Å². The molecule has 1 amide bonds. The number of carbonyl (C=O) groups is 1. The van der Waals surface area contributed by atoms with Crippen LogP contribution in [0.15, 0.2) is 47.5 Å². The van der Waals surface area contributed by atoms with Crippen LogP contribution in [0.5, 0.6) is 0 Å². The standard InChI is InChI=1S/C17H18ClFN4O3S/c18-17-15(5-2-6-20-17)21-16(24)12-22-7-9-23(10-8-22)27(25,26)14-4-1-3-13(19)11-14/h1-6,11H,7-10,12H2,(H,21,24)/p+1. The number of quaternary nitrogens is 1. The van der Waals surface area contributed by atoms with E-state index in [0.717, 1.165) is 11.0 Å². The molecule has 1 aromatic heterocycles. The number of nitrogens with one attached hydrogen (secondary N) is 2. The molecule has 2 N–H and O–H groups in total. The molecule has 0 spiro atoms. The number of rotatable bonds is 5. The van der Waals surface area contributed by atoms with Crippen LogP contribution in [0.3, 0.4) is 0 Å². The number of pyridine rings is 1. The Bertz CT molecular complexity index is 933. The van der Waals surface area contributed by atoms with E-state index >= 15 is 0 Å². The fourth-order valence-corrected chi connectivity index (χ4v) is 4.54. The minimum atomic E-state index is -3.74. The van der Waals surface area contributed by atoms with Crippen molar-refractivity contribution in [2.45, 2.75) is 4.90 Å².